The second-order valence-electron chi connectivity index (χ2n) is 8.31. The number of amidine groups is 1. The second-order valence-corrected chi connectivity index (χ2v) is 8.31. The molecule has 37 heavy (non-hydrogen) atoms. The Morgan fingerprint density at radius 3 is 2.57 bits per heavy atom. The van der Waals surface area contributed by atoms with Crippen LogP contribution >= 0.6 is 0 Å². The summed E-state index contributed by atoms with van der Waals surface area (Å²) in [7, 11) is 0. The van der Waals surface area contributed by atoms with Crippen LogP contribution < -0.4 is 21.5 Å². The van der Waals surface area contributed by atoms with Crippen LogP contribution in [0.25, 0.3) is 22.3 Å². The second kappa shape index (κ2) is 10.3. The maximum atomic E-state index is 15.2. The smallest absolute Gasteiger partial charge is 0.248 e. The Bertz CT molecular complexity index is 1550. The Hall–Kier alpha value is -5.05. The van der Waals surface area contributed by atoms with E-state index in [4.69, 9.17) is 21.6 Å². The van der Waals surface area contributed by atoms with Crippen molar-refractivity contribution in [2.75, 3.05) is 11.1 Å². The minimum absolute atomic E-state index is 0.00293. The highest BCUT2D eigenvalue weighted by Gasteiger charge is 2.20. The van der Waals surface area contributed by atoms with Gasteiger partial charge >= 0.3 is 0 Å². The van der Waals surface area contributed by atoms with Crippen LogP contribution in [0.3, 0.4) is 0 Å². The fraction of sp³-hybridized carbons (Fsp3) is 0.0714. The molecule has 9 heteroatoms. The highest BCUT2D eigenvalue weighted by atomic mass is 19.1. The molecule has 0 aliphatic rings. The maximum absolute atomic E-state index is 15.2. The van der Waals surface area contributed by atoms with Gasteiger partial charge in [-0.25, -0.2) is 14.4 Å². The van der Waals surface area contributed by atoms with E-state index in [2.05, 4.69) is 21.9 Å². The van der Waals surface area contributed by atoms with E-state index >= 15 is 4.39 Å². The van der Waals surface area contributed by atoms with Gasteiger partial charge in [-0.05, 0) is 66.9 Å². The Balaban J connectivity index is 1.83. The highest BCUT2D eigenvalue weighted by molar-refractivity contribution is 6.09. The Morgan fingerprint density at radius 1 is 1.14 bits per heavy atom. The van der Waals surface area contributed by atoms with Crippen molar-refractivity contribution in [2.45, 2.75) is 13.8 Å². The average molecular weight is 497 g/mol. The molecule has 2 aromatic carbocycles. The maximum Gasteiger partial charge on any atom is 0.248 e. The van der Waals surface area contributed by atoms with Gasteiger partial charge in [0.2, 0.25) is 11.8 Å². The number of rotatable bonds is 7. The summed E-state index contributed by atoms with van der Waals surface area (Å²) in [5, 5.41) is 10.8. The van der Waals surface area contributed by atoms with E-state index in [1.807, 2.05) is 19.9 Å². The van der Waals surface area contributed by atoms with Crippen LogP contribution in [0, 0.1) is 25.1 Å². The number of benzene rings is 2. The van der Waals surface area contributed by atoms with Crippen molar-refractivity contribution < 1.29 is 13.9 Å². The van der Waals surface area contributed by atoms with Crippen molar-refractivity contribution in [3.63, 3.8) is 0 Å². The molecule has 0 radical (unpaired) electrons. The minimum Gasteiger partial charge on any atom is -0.436 e. The van der Waals surface area contributed by atoms with Crippen LogP contribution in [-0.2, 0) is 4.79 Å². The molecule has 0 aliphatic carbocycles. The molecule has 0 unspecified atom stereocenters. The molecular formula is C28H25FN6O2. The lowest BCUT2D eigenvalue weighted by atomic mass is 9.88. The molecular weight excluding hydrogens is 471 g/mol. The number of anilines is 2. The van der Waals surface area contributed by atoms with E-state index in [1.165, 1.54) is 12.1 Å². The van der Waals surface area contributed by atoms with Crippen molar-refractivity contribution in [3.05, 3.63) is 96.1 Å². The molecule has 0 fully saturated rings. The largest absolute Gasteiger partial charge is 0.436 e. The molecule has 1 amide bonds. The van der Waals surface area contributed by atoms with E-state index in [1.54, 1.807) is 42.6 Å². The van der Waals surface area contributed by atoms with Crippen molar-refractivity contribution >= 4 is 23.2 Å². The van der Waals surface area contributed by atoms with Crippen LogP contribution in [0.4, 0.5) is 15.9 Å². The predicted octanol–water partition coefficient (Wildman–Crippen LogP) is 5.35. The van der Waals surface area contributed by atoms with Crippen LogP contribution in [-0.4, -0.2) is 21.7 Å². The standard InChI is InChI=1S/C28H25FN6O2/c1-4-24(36)35-23-12-15(2)19(14-33-23)18-9-10-21(30)27(28(31)32)26(18)17-8-11-22(20(29)13-17)37-25-7-5-6-16(3)34-25/h4-14H,1,30H2,2-3H3,(H3,31,32)(H,33,35,36). The number of nitrogen functional groups attached to an aromatic ring is 2. The molecule has 0 aliphatic heterocycles. The first-order valence-electron chi connectivity index (χ1n) is 11.3. The number of halogens is 1. The summed E-state index contributed by atoms with van der Waals surface area (Å²) in [6.45, 7) is 7.10. The molecule has 8 nitrogen and oxygen atoms in total. The molecule has 186 valence electrons. The van der Waals surface area contributed by atoms with E-state index in [0.29, 0.717) is 28.1 Å². The summed E-state index contributed by atoms with van der Waals surface area (Å²) in [6, 6.07) is 14.8. The number of carbonyl (C=O) groups is 1. The summed E-state index contributed by atoms with van der Waals surface area (Å²) in [6.07, 6.45) is 2.74. The molecule has 6 N–H and O–H groups in total. The van der Waals surface area contributed by atoms with E-state index in [-0.39, 0.29) is 34.6 Å². The van der Waals surface area contributed by atoms with Crippen molar-refractivity contribution in [1.82, 2.24) is 9.97 Å². The van der Waals surface area contributed by atoms with Crippen molar-refractivity contribution in [3.8, 4) is 33.9 Å². The van der Waals surface area contributed by atoms with Gasteiger partial charge in [-0.1, -0.05) is 24.8 Å². The third kappa shape index (κ3) is 5.30. The van der Waals surface area contributed by atoms with E-state index in [0.717, 1.165) is 17.3 Å². The van der Waals surface area contributed by atoms with Crippen LogP contribution in [0.5, 0.6) is 11.6 Å². The van der Waals surface area contributed by atoms with Gasteiger partial charge in [0.25, 0.3) is 0 Å². The monoisotopic (exact) mass is 496 g/mol. The summed E-state index contributed by atoms with van der Waals surface area (Å²) < 4.78 is 20.9. The van der Waals surface area contributed by atoms with Crippen molar-refractivity contribution in [1.29, 1.82) is 5.41 Å². The minimum atomic E-state index is -0.624. The number of carbonyl (C=O) groups excluding carboxylic acids is 1. The molecule has 2 heterocycles. The Morgan fingerprint density at radius 2 is 1.92 bits per heavy atom. The Kier molecular flexibility index (Phi) is 6.97. The number of nitrogens with one attached hydrogen (secondary N) is 2. The molecule has 4 aromatic rings. The molecule has 0 saturated carbocycles. The first-order valence-corrected chi connectivity index (χ1v) is 11.3. The number of pyridine rings is 2. The molecule has 0 saturated heterocycles. The SMILES string of the molecule is C=CC(=O)Nc1cc(C)c(-c2ccc(N)c(C(=N)N)c2-c2ccc(Oc3cccc(C)n3)c(F)c2)cn1. The summed E-state index contributed by atoms with van der Waals surface area (Å²) in [4.78, 5) is 20.2. The Labute approximate surface area is 213 Å². The lowest BCUT2D eigenvalue weighted by Gasteiger charge is -2.19. The van der Waals surface area contributed by atoms with E-state index in [9.17, 15) is 4.79 Å². The molecule has 0 spiro atoms. The predicted molar refractivity (Wildman–Crippen MR) is 143 cm³/mol. The van der Waals surface area contributed by atoms with Gasteiger partial charge in [0.1, 0.15) is 11.7 Å². The fourth-order valence-electron chi connectivity index (χ4n) is 3.94. The van der Waals surface area contributed by atoms with Gasteiger partial charge in [-0.3, -0.25) is 10.2 Å². The zero-order chi connectivity index (χ0) is 26.7. The molecule has 0 atom stereocenters. The van der Waals surface area contributed by atoms with Crippen LogP contribution in [0.1, 0.15) is 16.8 Å². The van der Waals surface area contributed by atoms with E-state index < -0.39 is 5.82 Å². The van der Waals surface area contributed by atoms with Crippen LogP contribution in [0.2, 0.25) is 0 Å². The summed E-state index contributed by atoms with van der Waals surface area (Å²) >= 11 is 0. The lowest BCUT2D eigenvalue weighted by molar-refractivity contribution is -0.111. The number of hydrogen-bond donors (Lipinski definition) is 4. The quantitative estimate of drug-likeness (QED) is 0.118. The lowest BCUT2D eigenvalue weighted by Crippen LogP contribution is -2.16. The van der Waals surface area contributed by atoms with Crippen molar-refractivity contribution in [2.24, 2.45) is 5.73 Å². The topological polar surface area (TPSA) is 140 Å². The third-order valence-electron chi connectivity index (χ3n) is 5.64. The van der Waals surface area contributed by atoms with Gasteiger partial charge in [0, 0.05) is 40.3 Å². The zero-order valence-corrected chi connectivity index (χ0v) is 20.3. The first kappa shape index (κ1) is 25.1. The number of nitrogens with zero attached hydrogens (tertiary/aromatic N) is 2. The number of nitrogens with two attached hydrogens (primary N) is 2. The van der Waals surface area contributed by atoms with Gasteiger partial charge in [-0.15, -0.1) is 0 Å². The fourth-order valence-corrected chi connectivity index (χ4v) is 3.94. The number of aromatic nitrogens is 2. The number of hydrogen-bond acceptors (Lipinski definition) is 6. The van der Waals surface area contributed by atoms with Crippen LogP contribution in [0.15, 0.2) is 73.4 Å². The van der Waals surface area contributed by atoms with Gasteiger partial charge in [-0.2, -0.15) is 0 Å². The van der Waals surface area contributed by atoms with Gasteiger partial charge in [0.15, 0.2) is 11.6 Å². The zero-order valence-electron chi connectivity index (χ0n) is 20.3. The first-order chi connectivity index (χ1) is 17.7. The summed E-state index contributed by atoms with van der Waals surface area (Å²) in [5.74, 6) is -0.652. The molecule has 4 rings (SSSR count). The molecule has 0 bridgehead atoms. The normalized spacial score (nSPS) is 10.6. The highest BCUT2D eigenvalue weighted by Crippen LogP contribution is 2.40. The number of ether oxygens (including phenoxy) is 1. The summed E-state index contributed by atoms with van der Waals surface area (Å²) in [5.41, 5.74) is 16.4. The average Bonchev–Trinajstić information content (AvgIpc) is 2.85. The third-order valence-corrected chi connectivity index (χ3v) is 5.64. The van der Waals surface area contributed by atoms with Gasteiger partial charge < -0.3 is 21.5 Å². The number of amides is 1. The number of aryl methyl sites for hydroxylation is 2. The molecule has 2 aromatic heterocycles. The van der Waals surface area contributed by atoms with Gasteiger partial charge in [0.05, 0.1) is 0 Å².